The van der Waals surface area contributed by atoms with Crippen LogP contribution in [0.15, 0.2) is 48.5 Å². The van der Waals surface area contributed by atoms with Crippen molar-refractivity contribution in [3.8, 4) is 11.5 Å². The Morgan fingerprint density at radius 1 is 0.929 bits per heavy atom. The second-order valence-corrected chi connectivity index (χ2v) is 10.9. The van der Waals surface area contributed by atoms with E-state index in [2.05, 4.69) is 16.0 Å². The van der Waals surface area contributed by atoms with E-state index in [4.69, 9.17) is 9.84 Å². The summed E-state index contributed by atoms with van der Waals surface area (Å²) in [4.78, 5) is 39.6. The maximum Gasteiger partial charge on any atom is 0.245 e. The molecule has 1 aliphatic carbocycles. The van der Waals surface area contributed by atoms with E-state index in [9.17, 15) is 19.5 Å². The lowest BCUT2D eigenvalue weighted by atomic mass is 9.83. The molecule has 42 heavy (non-hydrogen) atoms. The average molecular weight is 583 g/mol. The minimum atomic E-state index is -1.06. The number of nitrogens with one attached hydrogen (secondary N) is 3. The minimum absolute atomic E-state index is 0.162. The van der Waals surface area contributed by atoms with Crippen LogP contribution in [0.25, 0.3) is 0 Å². The van der Waals surface area contributed by atoms with E-state index in [1.165, 1.54) is 17.5 Å². The maximum atomic E-state index is 13.5. The van der Waals surface area contributed by atoms with Gasteiger partial charge >= 0.3 is 0 Å². The third-order valence-corrected chi connectivity index (χ3v) is 7.78. The fourth-order valence-electron chi connectivity index (χ4n) is 5.30. The molecule has 10 nitrogen and oxygen atoms in total. The highest BCUT2D eigenvalue weighted by Crippen LogP contribution is 2.28. The summed E-state index contributed by atoms with van der Waals surface area (Å²) in [5.41, 5.74) is 2.24. The van der Waals surface area contributed by atoms with Gasteiger partial charge in [-0.05, 0) is 62.3 Å². The number of carbonyl (C=O) groups is 3. The average Bonchev–Trinajstić information content (AvgIpc) is 3.00. The third-order valence-electron chi connectivity index (χ3n) is 7.78. The number of fused-ring (bicyclic) bond motifs is 1. The topological polar surface area (TPSA) is 140 Å². The van der Waals surface area contributed by atoms with Gasteiger partial charge in [0.05, 0.1) is 19.2 Å². The van der Waals surface area contributed by atoms with E-state index in [1.54, 1.807) is 12.1 Å². The number of nitrogens with zero attached hydrogens (tertiary/aromatic N) is 1. The Morgan fingerprint density at radius 2 is 1.64 bits per heavy atom. The number of aromatic hydroxyl groups is 1. The van der Waals surface area contributed by atoms with Crippen LogP contribution in [0.4, 0.5) is 0 Å². The van der Waals surface area contributed by atoms with Gasteiger partial charge in [-0.2, -0.15) is 0 Å². The second-order valence-electron chi connectivity index (χ2n) is 10.9. The molecule has 2 atom stereocenters. The molecule has 1 heterocycles. The monoisotopic (exact) mass is 582 g/mol. The van der Waals surface area contributed by atoms with Crippen molar-refractivity contribution >= 4 is 17.7 Å². The van der Waals surface area contributed by atoms with Crippen LogP contribution in [0.2, 0.25) is 0 Å². The number of hydrogen-bond acceptors (Lipinski definition) is 7. The number of amides is 3. The van der Waals surface area contributed by atoms with Gasteiger partial charge in [0.25, 0.3) is 0 Å². The lowest BCUT2D eigenvalue weighted by molar-refractivity contribution is -0.143. The normalized spacial score (nSPS) is 21.8. The molecule has 1 saturated carbocycles. The summed E-state index contributed by atoms with van der Waals surface area (Å²) in [6, 6.07) is 13.4. The molecule has 2 aliphatic rings. The Kier molecular flexibility index (Phi) is 13.6. The van der Waals surface area contributed by atoms with E-state index in [0.717, 1.165) is 56.3 Å². The molecule has 5 N–H and O–H groups in total. The first-order valence-electron chi connectivity index (χ1n) is 14.9. The van der Waals surface area contributed by atoms with Crippen LogP contribution in [0.5, 0.6) is 11.5 Å². The van der Waals surface area contributed by atoms with Gasteiger partial charge in [-0.1, -0.05) is 55.2 Å². The van der Waals surface area contributed by atoms with Crippen LogP contribution in [-0.2, 0) is 20.8 Å². The highest BCUT2D eigenvalue weighted by molar-refractivity contribution is 5.92. The highest BCUT2D eigenvalue weighted by Gasteiger charge is 2.35. The van der Waals surface area contributed by atoms with E-state index >= 15 is 0 Å². The zero-order chi connectivity index (χ0) is 30.3. The summed E-state index contributed by atoms with van der Waals surface area (Å²) in [7, 11) is 1.53. The Morgan fingerprint density at radius 3 is 2.33 bits per heavy atom. The minimum Gasteiger partial charge on any atom is -0.508 e. The summed E-state index contributed by atoms with van der Waals surface area (Å²) < 4.78 is 6.03. The summed E-state index contributed by atoms with van der Waals surface area (Å²) in [6.45, 7) is 2.61. The van der Waals surface area contributed by atoms with Crippen molar-refractivity contribution in [2.45, 2.75) is 64.0 Å². The number of aliphatic hydroxyl groups is 1. The second kappa shape index (κ2) is 17.4. The number of carbonyl (C=O) groups excluding carboxylic acids is 3. The molecule has 0 saturated heterocycles. The number of phenolic OH excluding ortho intramolecular Hbond substituents is 1. The molecule has 2 unspecified atom stereocenters. The van der Waals surface area contributed by atoms with Gasteiger partial charge in [0.15, 0.2) is 0 Å². The largest absolute Gasteiger partial charge is 0.508 e. The predicted octanol–water partition coefficient (Wildman–Crippen LogP) is 2.30. The first-order valence-corrected chi connectivity index (χ1v) is 14.9. The summed E-state index contributed by atoms with van der Waals surface area (Å²) in [5.74, 6) is 0.208. The standard InChI is InChI=1S/C25H38N4O5.C7H8O/c1-29-20(17-30)24(32)28-16-22(31)26-13-7-11-18-8-5-6-12-21(18)34-15-14-27-23(25(29)33)19-9-3-2-4-10-19;1-6-2-4-7(8)5-3-6/h5-6,8,12,19-20,23,27,30H,2-4,7,9-11,13-17H2,1H3,(H,26,31)(H,28,32);2-5,8H,1H3. The van der Waals surface area contributed by atoms with Crippen molar-refractivity contribution in [3.05, 3.63) is 59.7 Å². The van der Waals surface area contributed by atoms with Crippen molar-refractivity contribution < 1.29 is 29.3 Å². The number of likely N-dealkylation sites (N-methyl/N-ethyl adjacent to an activating group) is 1. The van der Waals surface area contributed by atoms with Crippen molar-refractivity contribution in [1.82, 2.24) is 20.9 Å². The molecule has 2 aromatic rings. The molecule has 0 spiro atoms. The van der Waals surface area contributed by atoms with Crippen LogP contribution in [-0.4, -0.2) is 84.8 Å². The fourth-order valence-corrected chi connectivity index (χ4v) is 5.30. The predicted molar refractivity (Wildman–Crippen MR) is 161 cm³/mol. The van der Waals surface area contributed by atoms with Crippen molar-refractivity contribution in [1.29, 1.82) is 0 Å². The number of aryl methyl sites for hydroxylation is 2. The van der Waals surface area contributed by atoms with Crippen LogP contribution >= 0.6 is 0 Å². The zero-order valence-electron chi connectivity index (χ0n) is 24.8. The van der Waals surface area contributed by atoms with Crippen LogP contribution in [0, 0.1) is 12.8 Å². The highest BCUT2D eigenvalue weighted by atomic mass is 16.5. The molecule has 10 heteroatoms. The lowest BCUT2D eigenvalue weighted by Crippen LogP contribution is -2.57. The quantitative estimate of drug-likeness (QED) is 0.366. The molecular weight excluding hydrogens is 536 g/mol. The van der Waals surface area contributed by atoms with Crippen molar-refractivity contribution in [2.75, 3.05) is 39.9 Å². The Bertz CT molecular complexity index is 1120. The van der Waals surface area contributed by atoms with Crippen LogP contribution < -0.4 is 20.7 Å². The Labute approximate surface area is 248 Å². The van der Waals surface area contributed by atoms with Gasteiger partial charge < -0.3 is 35.8 Å². The van der Waals surface area contributed by atoms with Gasteiger partial charge in [0.2, 0.25) is 17.7 Å². The SMILES string of the molecule is CN1C(=O)C(C2CCCCC2)NCCOc2ccccc2CCCNC(=O)CNC(=O)C1CO.Cc1ccc(O)cc1. The smallest absolute Gasteiger partial charge is 0.245 e. The van der Waals surface area contributed by atoms with Crippen molar-refractivity contribution in [2.24, 2.45) is 5.92 Å². The molecule has 1 aliphatic heterocycles. The molecule has 1 fully saturated rings. The number of aliphatic hydroxyl groups excluding tert-OH is 1. The number of para-hydroxylation sites is 1. The molecule has 3 amide bonds. The van der Waals surface area contributed by atoms with Gasteiger partial charge in [-0.3, -0.25) is 14.4 Å². The van der Waals surface area contributed by atoms with Gasteiger partial charge in [0.1, 0.15) is 24.1 Å². The summed E-state index contributed by atoms with van der Waals surface area (Å²) >= 11 is 0. The van der Waals surface area contributed by atoms with Crippen molar-refractivity contribution in [3.63, 3.8) is 0 Å². The van der Waals surface area contributed by atoms with Gasteiger partial charge in [-0.15, -0.1) is 0 Å². The molecule has 2 aromatic carbocycles. The zero-order valence-corrected chi connectivity index (χ0v) is 24.8. The van der Waals surface area contributed by atoms with E-state index in [1.807, 2.05) is 43.3 Å². The Balaban J connectivity index is 0.000000521. The van der Waals surface area contributed by atoms with Gasteiger partial charge in [-0.25, -0.2) is 0 Å². The number of ether oxygens (including phenoxy) is 1. The maximum absolute atomic E-state index is 13.5. The molecule has 4 rings (SSSR count). The summed E-state index contributed by atoms with van der Waals surface area (Å²) in [6.07, 6.45) is 6.67. The van der Waals surface area contributed by atoms with Crippen LogP contribution in [0.3, 0.4) is 0 Å². The molecule has 0 aromatic heterocycles. The van der Waals surface area contributed by atoms with Gasteiger partial charge in [0, 0.05) is 20.1 Å². The van der Waals surface area contributed by atoms with E-state index in [-0.39, 0.29) is 24.3 Å². The van der Waals surface area contributed by atoms with Crippen LogP contribution in [0.1, 0.15) is 49.7 Å². The first kappa shape index (κ1) is 32.9. The lowest BCUT2D eigenvalue weighted by Gasteiger charge is -2.35. The fraction of sp³-hybridized carbons (Fsp3) is 0.531. The first-order chi connectivity index (χ1) is 20.3. The number of hydrogen-bond donors (Lipinski definition) is 5. The molecule has 0 bridgehead atoms. The number of phenols is 1. The Hall–Kier alpha value is -3.63. The molecule has 230 valence electrons. The molecule has 0 radical (unpaired) electrons. The molecular formula is C32H46N4O6. The number of rotatable bonds is 2. The number of benzene rings is 2. The van der Waals surface area contributed by atoms with E-state index < -0.39 is 24.6 Å². The summed E-state index contributed by atoms with van der Waals surface area (Å²) in [5, 5.41) is 27.3. The third kappa shape index (κ3) is 10.3. The van der Waals surface area contributed by atoms with E-state index in [0.29, 0.717) is 25.4 Å².